The molecule has 1 heterocycles. The van der Waals surface area contributed by atoms with Crippen LogP contribution in [0, 0.1) is 11.6 Å². The number of rotatable bonds is 4. The van der Waals surface area contributed by atoms with Crippen LogP contribution in [0.1, 0.15) is 44.3 Å². The van der Waals surface area contributed by atoms with Crippen LogP contribution in [-0.4, -0.2) is 22.6 Å². The number of benzene rings is 1. The summed E-state index contributed by atoms with van der Waals surface area (Å²) in [4.78, 5) is 7.37. The van der Waals surface area contributed by atoms with Gasteiger partial charge in [-0.2, -0.15) is 0 Å². The first-order chi connectivity index (χ1) is 10.2. The Morgan fingerprint density at radius 1 is 1.10 bits per heavy atom. The third kappa shape index (κ3) is 3.59. The minimum atomic E-state index is -0.850. The molecule has 0 radical (unpaired) electrons. The van der Waals surface area contributed by atoms with E-state index in [0.717, 1.165) is 24.9 Å². The number of nitrogens with one attached hydrogen (secondary N) is 2. The Bertz CT molecular complexity index is 562. The Balaban J connectivity index is 1.57. The summed E-state index contributed by atoms with van der Waals surface area (Å²) in [5.41, 5.74) is 1.04. The molecule has 1 aliphatic rings. The molecule has 3 rings (SSSR count). The first-order valence-electron chi connectivity index (χ1n) is 7.79. The van der Waals surface area contributed by atoms with Gasteiger partial charge in [0.15, 0.2) is 11.6 Å². The average molecular weight is 293 g/mol. The highest BCUT2D eigenvalue weighted by Gasteiger charge is 2.12. The van der Waals surface area contributed by atoms with Crippen molar-refractivity contribution in [3.8, 4) is 0 Å². The molecule has 3 nitrogen and oxygen atoms in total. The normalized spacial score (nSPS) is 17.2. The van der Waals surface area contributed by atoms with E-state index in [-0.39, 0.29) is 0 Å². The second kappa shape index (κ2) is 6.52. The highest BCUT2D eigenvalue weighted by atomic mass is 19.2. The number of aromatic amines is 1. The maximum Gasteiger partial charge on any atom is 0.161 e. The summed E-state index contributed by atoms with van der Waals surface area (Å²) in [6, 6.07) is 2.91. The van der Waals surface area contributed by atoms with E-state index in [0.29, 0.717) is 17.1 Å². The minimum Gasteiger partial charge on any atom is -0.342 e. The van der Waals surface area contributed by atoms with Crippen LogP contribution >= 0.6 is 0 Å². The molecular weight excluding hydrogens is 272 g/mol. The van der Waals surface area contributed by atoms with Gasteiger partial charge in [-0.1, -0.05) is 25.7 Å². The number of hydrogen-bond acceptors (Lipinski definition) is 2. The van der Waals surface area contributed by atoms with E-state index in [1.54, 1.807) is 0 Å². The molecule has 1 aromatic carbocycles. The zero-order chi connectivity index (χ0) is 14.7. The lowest BCUT2D eigenvalue weighted by Gasteiger charge is -2.15. The van der Waals surface area contributed by atoms with Crippen molar-refractivity contribution < 1.29 is 8.78 Å². The van der Waals surface area contributed by atoms with E-state index >= 15 is 0 Å². The summed E-state index contributed by atoms with van der Waals surface area (Å²) in [5.74, 6) is -0.914. The lowest BCUT2D eigenvalue weighted by Crippen LogP contribution is -2.30. The SMILES string of the molecule is Fc1cc2nc(CCNC3CCCCCC3)[nH]c2cc1F. The van der Waals surface area contributed by atoms with Gasteiger partial charge >= 0.3 is 0 Å². The van der Waals surface area contributed by atoms with E-state index in [1.165, 1.54) is 44.6 Å². The molecule has 21 heavy (non-hydrogen) atoms. The Morgan fingerprint density at radius 3 is 2.57 bits per heavy atom. The van der Waals surface area contributed by atoms with Crippen LogP contribution in [0.3, 0.4) is 0 Å². The fourth-order valence-corrected chi connectivity index (χ4v) is 3.05. The summed E-state index contributed by atoms with van der Waals surface area (Å²) in [5, 5.41) is 3.57. The molecule has 0 atom stereocenters. The van der Waals surface area contributed by atoms with Gasteiger partial charge in [0.25, 0.3) is 0 Å². The molecule has 2 N–H and O–H groups in total. The van der Waals surface area contributed by atoms with Gasteiger partial charge in [0.05, 0.1) is 11.0 Å². The van der Waals surface area contributed by atoms with Gasteiger partial charge in [0, 0.05) is 31.1 Å². The van der Waals surface area contributed by atoms with Crippen molar-refractivity contribution in [1.82, 2.24) is 15.3 Å². The van der Waals surface area contributed by atoms with Gasteiger partial charge in [0.1, 0.15) is 5.82 Å². The molecule has 1 saturated carbocycles. The van der Waals surface area contributed by atoms with Crippen LogP contribution in [0.25, 0.3) is 11.0 Å². The second-order valence-corrected chi connectivity index (χ2v) is 5.86. The second-order valence-electron chi connectivity index (χ2n) is 5.86. The molecule has 0 amide bonds. The van der Waals surface area contributed by atoms with Crippen molar-refractivity contribution in [3.63, 3.8) is 0 Å². The van der Waals surface area contributed by atoms with E-state index in [9.17, 15) is 8.78 Å². The predicted octanol–water partition coefficient (Wildman–Crippen LogP) is 3.70. The monoisotopic (exact) mass is 293 g/mol. The molecule has 1 aromatic heterocycles. The lowest BCUT2D eigenvalue weighted by molar-refractivity contribution is 0.461. The number of imidazole rings is 1. The Morgan fingerprint density at radius 2 is 1.81 bits per heavy atom. The fourth-order valence-electron chi connectivity index (χ4n) is 3.05. The molecule has 0 unspecified atom stereocenters. The third-order valence-corrected chi connectivity index (χ3v) is 4.22. The number of H-pyrrole nitrogens is 1. The summed E-state index contributed by atoms with van der Waals surface area (Å²) in [6.07, 6.45) is 8.54. The summed E-state index contributed by atoms with van der Waals surface area (Å²) in [7, 11) is 0. The lowest BCUT2D eigenvalue weighted by atomic mass is 10.1. The smallest absolute Gasteiger partial charge is 0.161 e. The third-order valence-electron chi connectivity index (χ3n) is 4.22. The maximum absolute atomic E-state index is 13.2. The van der Waals surface area contributed by atoms with Crippen LogP contribution in [0.2, 0.25) is 0 Å². The number of hydrogen-bond donors (Lipinski definition) is 2. The Labute approximate surface area is 123 Å². The summed E-state index contributed by atoms with van der Waals surface area (Å²) in [6.45, 7) is 0.843. The number of nitrogens with zero attached hydrogens (tertiary/aromatic N) is 1. The Kier molecular flexibility index (Phi) is 4.48. The molecule has 0 saturated heterocycles. The molecule has 0 spiro atoms. The fraction of sp³-hybridized carbons (Fsp3) is 0.562. The van der Waals surface area contributed by atoms with Crippen LogP contribution in [0.5, 0.6) is 0 Å². The van der Waals surface area contributed by atoms with Gasteiger partial charge in [-0.15, -0.1) is 0 Å². The molecular formula is C16H21F2N3. The van der Waals surface area contributed by atoms with E-state index < -0.39 is 11.6 Å². The van der Waals surface area contributed by atoms with Crippen molar-refractivity contribution in [2.75, 3.05) is 6.54 Å². The minimum absolute atomic E-state index is 0.485. The van der Waals surface area contributed by atoms with E-state index in [1.807, 2.05) is 0 Å². The van der Waals surface area contributed by atoms with Gasteiger partial charge < -0.3 is 10.3 Å². The number of aromatic nitrogens is 2. The highest BCUT2D eigenvalue weighted by Crippen LogP contribution is 2.18. The molecule has 0 bridgehead atoms. The van der Waals surface area contributed by atoms with Crippen molar-refractivity contribution in [2.24, 2.45) is 0 Å². The van der Waals surface area contributed by atoms with Crippen LogP contribution in [-0.2, 0) is 6.42 Å². The first-order valence-corrected chi connectivity index (χ1v) is 7.79. The first kappa shape index (κ1) is 14.4. The van der Waals surface area contributed by atoms with Crippen LogP contribution < -0.4 is 5.32 Å². The average Bonchev–Trinajstić information content (AvgIpc) is 2.68. The predicted molar refractivity (Wildman–Crippen MR) is 79.2 cm³/mol. The number of fused-ring (bicyclic) bond motifs is 1. The zero-order valence-electron chi connectivity index (χ0n) is 12.1. The van der Waals surface area contributed by atoms with Gasteiger partial charge in [-0.3, -0.25) is 0 Å². The van der Waals surface area contributed by atoms with Gasteiger partial charge in [-0.05, 0) is 12.8 Å². The molecule has 5 heteroatoms. The standard InChI is InChI=1S/C16H21F2N3/c17-12-9-14-15(10-13(12)18)21-16(20-14)7-8-19-11-5-3-1-2-4-6-11/h9-11,19H,1-8H2,(H,20,21). The molecule has 114 valence electrons. The number of halogens is 2. The topological polar surface area (TPSA) is 40.7 Å². The summed E-state index contributed by atoms with van der Waals surface area (Å²) < 4.78 is 26.3. The largest absolute Gasteiger partial charge is 0.342 e. The zero-order valence-corrected chi connectivity index (χ0v) is 12.1. The molecule has 0 aliphatic heterocycles. The van der Waals surface area contributed by atoms with Crippen molar-refractivity contribution in [1.29, 1.82) is 0 Å². The maximum atomic E-state index is 13.2. The van der Waals surface area contributed by atoms with Crippen LogP contribution in [0.4, 0.5) is 8.78 Å². The Hall–Kier alpha value is -1.49. The van der Waals surface area contributed by atoms with Crippen LogP contribution in [0.15, 0.2) is 12.1 Å². The summed E-state index contributed by atoms with van der Waals surface area (Å²) >= 11 is 0. The van der Waals surface area contributed by atoms with Gasteiger partial charge in [-0.25, -0.2) is 13.8 Å². The molecule has 1 aliphatic carbocycles. The highest BCUT2D eigenvalue weighted by molar-refractivity contribution is 5.75. The van der Waals surface area contributed by atoms with Crippen molar-refractivity contribution in [3.05, 3.63) is 29.6 Å². The van der Waals surface area contributed by atoms with E-state index in [4.69, 9.17) is 0 Å². The van der Waals surface area contributed by atoms with Crippen molar-refractivity contribution >= 4 is 11.0 Å². The quantitative estimate of drug-likeness (QED) is 0.844. The van der Waals surface area contributed by atoms with Crippen molar-refractivity contribution in [2.45, 2.75) is 51.0 Å². The molecule has 1 fully saturated rings. The van der Waals surface area contributed by atoms with E-state index in [2.05, 4.69) is 15.3 Å². The van der Waals surface area contributed by atoms with Gasteiger partial charge in [0.2, 0.25) is 0 Å². The molecule has 2 aromatic rings.